The van der Waals surface area contributed by atoms with Crippen molar-refractivity contribution in [3.8, 4) is 5.75 Å². The van der Waals surface area contributed by atoms with E-state index >= 15 is 0 Å². The molecule has 0 bridgehead atoms. The summed E-state index contributed by atoms with van der Waals surface area (Å²) in [5.41, 5.74) is 4.01. The van der Waals surface area contributed by atoms with Crippen molar-refractivity contribution < 1.29 is 9.53 Å². The van der Waals surface area contributed by atoms with Crippen LogP contribution in [-0.2, 0) is 13.0 Å². The van der Waals surface area contributed by atoms with Gasteiger partial charge in [0.25, 0.3) is 0 Å². The van der Waals surface area contributed by atoms with Crippen LogP contribution < -0.4 is 4.74 Å². The Labute approximate surface area is 149 Å². The van der Waals surface area contributed by atoms with Gasteiger partial charge in [0.2, 0.25) is 0 Å². The molecule has 0 amide bonds. The maximum absolute atomic E-state index is 12.7. The van der Waals surface area contributed by atoms with Crippen LogP contribution in [0.25, 0.3) is 5.52 Å². The predicted molar refractivity (Wildman–Crippen MR) is 101 cm³/mol. The number of ketones is 1. The highest BCUT2D eigenvalue weighted by atomic mass is 16.5. The van der Waals surface area contributed by atoms with Crippen molar-refractivity contribution in [2.75, 3.05) is 0 Å². The summed E-state index contributed by atoms with van der Waals surface area (Å²) in [7, 11) is 0. The highest BCUT2D eigenvalue weighted by molar-refractivity contribution is 5.97. The van der Waals surface area contributed by atoms with Gasteiger partial charge in [0.15, 0.2) is 5.78 Å². The number of benzene rings is 1. The number of unbranched alkanes of at least 4 members (excludes halogenated alkanes) is 1. The first kappa shape index (κ1) is 17.3. The molecule has 2 heterocycles. The quantitative estimate of drug-likeness (QED) is 0.512. The van der Waals surface area contributed by atoms with Gasteiger partial charge in [-0.25, -0.2) is 0 Å². The van der Waals surface area contributed by atoms with Crippen LogP contribution in [0.2, 0.25) is 0 Å². The Hall–Kier alpha value is -2.55. The van der Waals surface area contributed by atoms with Crippen molar-refractivity contribution in [1.29, 1.82) is 0 Å². The largest absolute Gasteiger partial charge is 0.487 e. The Morgan fingerprint density at radius 2 is 1.88 bits per heavy atom. The van der Waals surface area contributed by atoms with Crippen molar-refractivity contribution >= 4 is 11.3 Å². The van der Waals surface area contributed by atoms with Crippen LogP contribution in [0.3, 0.4) is 0 Å². The number of hydrogen-bond donors (Lipinski definition) is 0. The summed E-state index contributed by atoms with van der Waals surface area (Å²) in [5, 5.41) is 0. The van der Waals surface area contributed by atoms with Crippen LogP contribution in [0.1, 0.15) is 54.7 Å². The monoisotopic (exact) mass is 335 g/mol. The molecule has 0 N–H and O–H groups in total. The fourth-order valence-electron chi connectivity index (χ4n) is 3.12. The molecule has 0 aliphatic heterocycles. The molecule has 2 aromatic heterocycles. The predicted octanol–water partition coefficient (Wildman–Crippen LogP) is 5.45. The number of aryl methyl sites for hydroxylation is 1. The number of Topliss-reactive ketones (excluding diaryl/α,β-unsaturated/α-hetero) is 1. The van der Waals surface area contributed by atoms with E-state index in [1.165, 1.54) is 0 Å². The van der Waals surface area contributed by atoms with Crippen molar-refractivity contribution in [3.63, 3.8) is 0 Å². The van der Waals surface area contributed by atoms with Gasteiger partial charge in [-0.2, -0.15) is 0 Å². The van der Waals surface area contributed by atoms with Gasteiger partial charge in [0, 0.05) is 12.6 Å². The van der Waals surface area contributed by atoms with Gasteiger partial charge in [-0.05, 0) is 42.2 Å². The molecule has 3 nitrogen and oxygen atoms in total. The van der Waals surface area contributed by atoms with Crippen LogP contribution in [-0.4, -0.2) is 10.2 Å². The molecule has 3 aromatic rings. The van der Waals surface area contributed by atoms with Gasteiger partial charge in [0.05, 0.1) is 11.2 Å². The van der Waals surface area contributed by atoms with Crippen molar-refractivity contribution in [1.82, 2.24) is 4.40 Å². The number of aromatic nitrogens is 1. The van der Waals surface area contributed by atoms with Gasteiger partial charge in [0.1, 0.15) is 12.4 Å². The first-order valence-corrected chi connectivity index (χ1v) is 9.07. The van der Waals surface area contributed by atoms with Crippen LogP contribution in [0.15, 0.2) is 54.7 Å². The van der Waals surface area contributed by atoms with Crippen LogP contribution in [0.5, 0.6) is 5.75 Å². The Bertz CT molecular complexity index is 849. The lowest BCUT2D eigenvalue weighted by atomic mass is 10.1. The highest BCUT2D eigenvalue weighted by Gasteiger charge is 2.18. The van der Waals surface area contributed by atoms with E-state index in [0.717, 1.165) is 47.3 Å². The molecule has 3 rings (SSSR count). The third kappa shape index (κ3) is 3.76. The van der Waals surface area contributed by atoms with Crippen LogP contribution in [0.4, 0.5) is 0 Å². The third-order valence-electron chi connectivity index (χ3n) is 4.49. The number of carbonyl (C=O) groups excluding carboxylic acids is 1. The molecule has 25 heavy (non-hydrogen) atoms. The molecule has 0 aliphatic rings. The van der Waals surface area contributed by atoms with Gasteiger partial charge in [-0.15, -0.1) is 0 Å². The van der Waals surface area contributed by atoms with E-state index in [-0.39, 0.29) is 5.78 Å². The normalized spacial score (nSPS) is 11.0. The molecule has 0 saturated carbocycles. The van der Waals surface area contributed by atoms with Gasteiger partial charge in [-0.3, -0.25) is 4.79 Å². The topological polar surface area (TPSA) is 30.7 Å². The minimum atomic E-state index is 0.221. The van der Waals surface area contributed by atoms with E-state index in [1.807, 2.05) is 40.9 Å². The Morgan fingerprint density at radius 1 is 1.08 bits per heavy atom. The van der Waals surface area contributed by atoms with Gasteiger partial charge in [-0.1, -0.05) is 50.6 Å². The molecular weight excluding hydrogens is 310 g/mol. The second kappa shape index (κ2) is 8.02. The summed E-state index contributed by atoms with van der Waals surface area (Å²) < 4.78 is 8.04. The molecule has 3 heteroatoms. The smallest absolute Gasteiger partial charge is 0.179 e. The molecule has 0 unspecified atom stereocenters. The zero-order chi connectivity index (χ0) is 17.6. The van der Waals surface area contributed by atoms with Crippen molar-refractivity contribution in [2.24, 2.45) is 0 Å². The summed E-state index contributed by atoms with van der Waals surface area (Å²) in [5.74, 6) is 1.04. The van der Waals surface area contributed by atoms with E-state index in [9.17, 15) is 4.79 Å². The maximum atomic E-state index is 12.7. The van der Waals surface area contributed by atoms with Gasteiger partial charge >= 0.3 is 0 Å². The van der Waals surface area contributed by atoms with E-state index in [2.05, 4.69) is 32.0 Å². The van der Waals surface area contributed by atoms with Gasteiger partial charge < -0.3 is 9.14 Å². The molecule has 0 radical (unpaired) electrons. The standard InChI is InChI=1S/C22H25NO2/c1-3-5-12-20(24)22-18(4-2)15-19-21(13-9-14-23(19)22)25-16-17-10-7-6-8-11-17/h6-11,13-15H,3-5,12,16H2,1-2H3. The molecule has 130 valence electrons. The molecule has 0 saturated heterocycles. The Balaban J connectivity index is 1.93. The number of carbonyl (C=O) groups is 1. The lowest BCUT2D eigenvalue weighted by molar-refractivity contribution is 0.0973. The number of pyridine rings is 1. The van der Waals surface area contributed by atoms with Crippen LogP contribution in [0, 0.1) is 0 Å². The van der Waals surface area contributed by atoms with Crippen molar-refractivity contribution in [3.05, 3.63) is 71.5 Å². The molecule has 0 spiro atoms. The lowest BCUT2D eigenvalue weighted by Gasteiger charge is -2.09. The molecular formula is C22H25NO2. The van der Waals surface area contributed by atoms with Crippen LogP contribution >= 0.6 is 0 Å². The first-order chi connectivity index (χ1) is 12.2. The fraction of sp³-hybridized carbons (Fsp3) is 0.318. The SMILES string of the molecule is CCCCC(=O)c1c(CC)cc2c(OCc3ccccc3)cccn12. The number of ether oxygens (including phenoxy) is 1. The zero-order valence-corrected chi connectivity index (χ0v) is 15.0. The summed E-state index contributed by atoms with van der Waals surface area (Å²) in [6, 6.07) is 16.1. The van der Waals surface area contributed by atoms with Crippen molar-refractivity contribution in [2.45, 2.75) is 46.1 Å². The minimum absolute atomic E-state index is 0.221. The molecule has 0 fully saturated rings. The highest BCUT2D eigenvalue weighted by Crippen LogP contribution is 2.27. The third-order valence-corrected chi connectivity index (χ3v) is 4.49. The second-order valence-corrected chi connectivity index (χ2v) is 6.30. The summed E-state index contributed by atoms with van der Waals surface area (Å²) in [4.78, 5) is 12.7. The number of hydrogen-bond acceptors (Lipinski definition) is 2. The van der Waals surface area contributed by atoms with E-state index in [0.29, 0.717) is 13.0 Å². The number of rotatable bonds is 8. The van der Waals surface area contributed by atoms with E-state index in [1.54, 1.807) is 0 Å². The Morgan fingerprint density at radius 3 is 2.60 bits per heavy atom. The average Bonchev–Trinajstić information content (AvgIpc) is 3.04. The molecule has 0 atom stereocenters. The first-order valence-electron chi connectivity index (χ1n) is 9.07. The van der Waals surface area contributed by atoms with E-state index in [4.69, 9.17) is 4.74 Å². The van der Waals surface area contributed by atoms with E-state index < -0.39 is 0 Å². The number of fused-ring (bicyclic) bond motifs is 1. The Kier molecular flexibility index (Phi) is 5.54. The lowest BCUT2D eigenvalue weighted by Crippen LogP contribution is -2.06. The maximum Gasteiger partial charge on any atom is 0.179 e. The number of nitrogens with zero attached hydrogens (tertiary/aromatic N) is 1. The summed E-state index contributed by atoms with van der Waals surface area (Å²) in [6.45, 7) is 4.72. The molecule has 0 aliphatic carbocycles. The second-order valence-electron chi connectivity index (χ2n) is 6.30. The zero-order valence-electron chi connectivity index (χ0n) is 15.0. The minimum Gasteiger partial charge on any atom is -0.487 e. The summed E-state index contributed by atoms with van der Waals surface area (Å²) in [6.07, 6.45) is 5.36. The average molecular weight is 335 g/mol. The fourth-order valence-corrected chi connectivity index (χ4v) is 3.12. The molecule has 1 aromatic carbocycles. The summed E-state index contributed by atoms with van der Waals surface area (Å²) >= 11 is 0.